The third-order valence-electron chi connectivity index (χ3n) is 15.2. The van der Waals surface area contributed by atoms with Crippen LogP contribution in [0.15, 0.2) is 36.7 Å². The molecule has 0 amide bonds. The minimum Gasteiger partial charge on any atom is -0.396 e. The van der Waals surface area contributed by atoms with E-state index in [0.717, 1.165) is 25.3 Å². The van der Waals surface area contributed by atoms with Crippen LogP contribution >= 0.6 is 0 Å². The lowest BCUT2D eigenvalue weighted by Crippen LogP contribution is -2.66. The summed E-state index contributed by atoms with van der Waals surface area (Å²) in [6.45, 7) is 18.7. The van der Waals surface area contributed by atoms with Crippen LogP contribution in [0.5, 0.6) is 0 Å². The fraction of sp³-hybridized carbons (Fsp3) is 0.811. The van der Waals surface area contributed by atoms with E-state index in [-0.39, 0.29) is 22.3 Å². The minimum atomic E-state index is -0.168. The average molecular weight is 564 g/mol. The van der Waals surface area contributed by atoms with Crippen molar-refractivity contribution in [1.82, 2.24) is 0 Å². The number of fused-ring (bicyclic) bond motifs is 7. The second-order valence-corrected chi connectivity index (χ2v) is 17.0. The van der Waals surface area contributed by atoms with Gasteiger partial charge in [0.15, 0.2) is 18.9 Å². The molecule has 0 radical (unpaired) electrons. The summed E-state index contributed by atoms with van der Waals surface area (Å²) in [5.74, 6) is 3.00. The first-order chi connectivity index (χ1) is 19.2. The molecule has 0 bridgehead atoms. The smallest absolute Gasteiger partial charge is 0.171 e. The zero-order chi connectivity index (χ0) is 29.6. The second kappa shape index (κ2) is 9.81. The van der Waals surface area contributed by atoms with Crippen LogP contribution in [-0.4, -0.2) is 37.0 Å². The van der Waals surface area contributed by atoms with E-state index in [0.29, 0.717) is 41.1 Å². The number of allylic oxidation sites excluding steroid dienone is 1. The standard InChI is InChI=1S/C37H59N2O2/c1-25(23-39-21-14-26(15-22-39)38(7)8)27-11-18-37(24-40)20-19-35(5)28(32(27)37)9-10-30-34(4)16-13-31(41)33(2,3)29(34)12-17-36(30,35)6/h14-15,21-22,27-32,40-41H,1,9-13,16-20,23-24H2,2-8H3/q+1/t27?,28?,29?,30?,31-,32?,34-,35+,36+,37+/m0/s1. The molecule has 0 spiro atoms. The van der Waals surface area contributed by atoms with E-state index in [1.807, 2.05) is 0 Å². The van der Waals surface area contributed by atoms with Crippen molar-refractivity contribution in [1.29, 1.82) is 0 Å². The normalized spacial score (nSPS) is 46.6. The van der Waals surface area contributed by atoms with Crippen LogP contribution in [0.2, 0.25) is 0 Å². The number of nitrogens with zero attached hydrogens (tertiary/aromatic N) is 2. The molecule has 5 aliphatic carbocycles. The summed E-state index contributed by atoms with van der Waals surface area (Å²) in [6.07, 6.45) is 16.3. The van der Waals surface area contributed by atoms with Crippen molar-refractivity contribution in [2.24, 2.45) is 56.7 Å². The fourth-order valence-corrected chi connectivity index (χ4v) is 12.7. The van der Waals surface area contributed by atoms with E-state index in [2.05, 4.69) is 82.7 Å². The molecule has 0 aliphatic heterocycles. The van der Waals surface area contributed by atoms with Gasteiger partial charge in [-0.1, -0.05) is 41.2 Å². The molecule has 0 aromatic carbocycles. The van der Waals surface area contributed by atoms with Crippen LogP contribution in [-0.2, 0) is 6.54 Å². The molecule has 5 saturated carbocycles. The van der Waals surface area contributed by atoms with E-state index >= 15 is 0 Å². The Balaban J connectivity index is 1.31. The second-order valence-electron chi connectivity index (χ2n) is 17.0. The Morgan fingerprint density at radius 1 is 0.878 bits per heavy atom. The van der Waals surface area contributed by atoms with Crippen molar-refractivity contribution in [2.45, 2.75) is 111 Å². The minimum absolute atomic E-state index is 0.00138. The Kier molecular flexibility index (Phi) is 7.10. The maximum atomic E-state index is 11.0. The first-order valence-electron chi connectivity index (χ1n) is 16.9. The summed E-state index contributed by atoms with van der Waals surface area (Å²) in [6, 6.07) is 4.39. The predicted octanol–water partition coefficient (Wildman–Crippen LogP) is 7.03. The first-order valence-corrected chi connectivity index (χ1v) is 16.9. The number of aliphatic hydroxyl groups is 2. The first kappa shape index (κ1) is 29.7. The summed E-state index contributed by atoms with van der Waals surface area (Å²) >= 11 is 0. The topological polar surface area (TPSA) is 47.6 Å². The number of hydrogen-bond donors (Lipinski definition) is 2. The van der Waals surface area contributed by atoms with Crippen molar-refractivity contribution in [2.75, 3.05) is 25.6 Å². The Morgan fingerprint density at radius 2 is 1.59 bits per heavy atom. The zero-order valence-corrected chi connectivity index (χ0v) is 27.3. The van der Waals surface area contributed by atoms with Crippen molar-refractivity contribution >= 4 is 5.69 Å². The number of aromatic nitrogens is 1. The number of rotatable bonds is 5. The molecule has 5 fully saturated rings. The SMILES string of the molecule is C=C(C[n+]1ccc(N(C)C)cc1)C1CC[C@]2(CO)CC[C@]3(C)C(CCC4[C@@]5(C)CC[C@H](O)C(C)(C)C5CC[C@]43C)C12. The number of aliphatic hydroxyl groups excluding tert-OH is 2. The molecule has 41 heavy (non-hydrogen) atoms. The zero-order valence-electron chi connectivity index (χ0n) is 27.3. The van der Waals surface area contributed by atoms with Gasteiger partial charge < -0.3 is 15.1 Å². The van der Waals surface area contributed by atoms with Crippen LogP contribution < -0.4 is 9.47 Å². The molecular weight excluding hydrogens is 504 g/mol. The van der Waals surface area contributed by atoms with Gasteiger partial charge in [-0.05, 0) is 126 Å². The molecule has 10 atom stereocenters. The molecule has 1 aromatic heterocycles. The molecule has 4 nitrogen and oxygen atoms in total. The molecule has 4 heteroatoms. The van der Waals surface area contributed by atoms with Gasteiger partial charge in [0.25, 0.3) is 0 Å². The number of anilines is 1. The summed E-state index contributed by atoms with van der Waals surface area (Å²) < 4.78 is 2.30. The highest BCUT2D eigenvalue weighted by atomic mass is 16.3. The van der Waals surface area contributed by atoms with E-state index in [1.54, 1.807) is 0 Å². The van der Waals surface area contributed by atoms with Crippen molar-refractivity contribution < 1.29 is 14.8 Å². The summed E-state index contributed by atoms with van der Waals surface area (Å²) in [5, 5.41) is 22.0. The van der Waals surface area contributed by atoms with Gasteiger partial charge >= 0.3 is 0 Å². The molecule has 2 N–H and O–H groups in total. The fourth-order valence-electron chi connectivity index (χ4n) is 12.7. The summed E-state index contributed by atoms with van der Waals surface area (Å²) in [5.41, 5.74) is 3.56. The van der Waals surface area contributed by atoms with Gasteiger partial charge in [0.05, 0.1) is 6.10 Å². The van der Waals surface area contributed by atoms with Crippen molar-refractivity contribution in [3.8, 4) is 0 Å². The van der Waals surface area contributed by atoms with Crippen molar-refractivity contribution in [3.63, 3.8) is 0 Å². The van der Waals surface area contributed by atoms with E-state index in [1.165, 1.54) is 62.6 Å². The van der Waals surface area contributed by atoms with Gasteiger partial charge in [-0.3, -0.25) is 0 Å². The van der Waals surface area contributed by atoms with Crippen LogP contribution in [0.25, 0.3) is 0 Å². The van der Waals surface area contributed by atoms with Crippen LogP contribution in [0.4, 0.5) is 5.69 Å². The Labute approximate surface area is 250 Å². The molecule has 228 valence electrons. The Hall–Kier alpha value is -1.39. The third kappa shape index (κ3) is 4.08. The lowest BCUT2D eigenvalue weighted by Gasteiger charge is -2.73. The van der Waals surface area contributed by atoms with Gasteiger partial charge in [0.1, 0.15) is 0 Å². The van der Waals surface area contributed by atoms with Crippen molar-refractivity contribution in [3.05, 3.63) is 36.7 Å². The highest BCUT2D eigenvalue weighted by Crippen LogP contribution is 2.77. The third-order valence-corrected chi connectivity index (χ3v) is 15.2. The highest BCUT2D eigenvalue weighted by Gasteiger charge is 2.70. The largest absolute Gasteiger partial charge is 0.396 e. The van der Waals surface area contributed by atoms with Crippen LogP contribution in [0.1, 0.15) is 98.8 Å². The summed E-state index contributed by atoms with van der Waals surface area (Å²) in [7, 11) is 4.18. The van der Waals surface area contributed by atoms with E-state index in [4.69, 9.17) is 6.58 Å². The Bertz CT molecular complexity index is 1160. The quantitative estimate of drug-likeness (QED) is 0.299. The van der Waals surface area contributed by atoms with Gasteiger partial charge in [0, 0.05) is 38.5 Å². The van der Waals surface area contributed by atoms with Gasteiger partial charge in [0.2, 0.25) is 0 Å². The van der Waals surface area contributed by atoms with Crippen LogP contribution in [0, 0.1) is 56.7 Å². The van der Waals surface area contributed by atoms with Crippen LogP contribution in [0.3, 0.4) is 0 Å². The monoisotopic (exact) mass is 563 g/mol. The predicted molar refractivity (Wildman–Crippen MR) is 167 cm³/mol. The Morgan fingerprint density at radius 3 is 2.24 bits per heavy atom. The molecule has 0 saturated heterocycles. The number of hydrogen-bond acceptors (Lipinski definition) is 3. The average Bonchev–Trinajstić information content (AvgIpc) is 3.32. The molecule has 5 aliphatic rings. The molecule has 5 unspecified atom stereocenters. The van der Waals surface area contributed by atoms with Gasteiger partial charge in [-0.2, -0.15) is 0 Å². The molecular formula is C37H59N2O2+. The molecule has 1 aromatic rings. The maximum absolute atomic E-state index is 11.0. The summed E-state index contributed by atoms with van der Waals surface area (Å²) in [4.78, 5) is 2.15. The van der Waals surface area contributed by atoms with Gasteiger partial charge in [-0.15, -0.1) is 0 Å². The van der Waals surface area contributed by atoms with E-state index < -0.39 is 0 Å². The van der Waals surface area contributed by atoms with Gasteiger partial charge in [-0.25, -0.2) is 4.57 Å². The lowest BCUT2D eigenvalue weighted by molar-refractivity contribution is -0.689. The highest BCUT2D eigenvalue weighted by molar-refractivity contribution is 5.41. The molecule has 6 rings (SSSR count). The molecule has 1 heterocycles. The van der Waals surface area contributed by atoms with E-state index in [9.17, 15) is 10.2 Å². The lowest BCUT2D eigenvalue weighted by atomic mass is 9.32. The number of pyridine rings is 1. The maximum Gasteiger partial charge on any atom is 0.171 e.